The molecule has 0 spiro atoms. The van der Waals surface area contributed by atoms with E-state index in [4.69, 9.17) is 16.3 Å². The highest BCUT2D eigenvalue weighted by Crippen LogP contribution is 2.24. The second-order valence-electron chi connectivity index (χ2n) is 7.67. The van der Waals surface area contributed by atoms with Crippen LogP contribution in [0.2, 0.25) is 5.02 Å². The number of nitrogens with one attached hydrogen (secondary N) is 2. The van der Waals surface area contributed by atoms with Gasteiger partial charge in [-0.05, 0) is 62.7 Å². The molecule has 0 aromatic heterocycles. The Kier molecular flexibility index (Phi) is 6.98. The van der Waals surface area contributed by atoms with Gasteiger partial charge >= 0.3 is 0 Å². The number of ether oxygens (including phenoxy) is 1. The molecule has 0 aliphatic heterocycles. The van der Waals surface area contributed by atoms with Crippen molar-refractivity contribution in [3.63, 3.8) is 0 Å². The van der Waals surface area contributed by atoms with Crippen LogP contribution in [0, 0.1) is 0 Å². The maximum absolute atomic E-state index is 12.9. The molecule has 0 aliphatic carbocycles. The van der Waals surface area contributed by atoms with E-state index < -0.39 is 5.60 Å². The average Bonchev–Trinajstić information content (AvgIpc) is 2.76. The lowest BCUT2D eigenvalue weighted by atomic mass is 10.1. The highest BCUT2D eigenvalue weighted by molar-refractivity contribution is 6.30. The van der Waals surface area contributed by atoms with E-state index in [0.29, 0.717) is 22.0 Å². The lowest BCUT2D eigenvalue weighted by molar-refractivity contribution is -0.128. The lowest BCUT2D eigenvalue weighted by Gasteiger charge is -2.26. The number of carbonyl (C=O) groups is 2. The number of hydrogen-bond donors (Lipinski definition) is 2. The standard InChI is InChI=1S/C25H25ClN2O3/c1-17(18-9-5-4-6-10-18)27-23(29)21-11-7-8-12-22(21)28-24(30)25(2,3)31-20-15-13-19(26)14-16-20/h4-17H,1-3H3,(H,27,29)(H,28,30). The largest absolute Gasteiger partial charge is 0.478 e. The van der Waals surface area contributed by atoms with E-state index in [1.165, 1.54) is 0 Å². The number of para-hydroxylation sites is 1. The summed E-state index contributed by atoms with van der Waals surface area (Å²) in [5.74, 6) is -0.130. The fraction of sp³-hybridized carbons (Fsp3) is 0.200. The van der Waals surface area contributed by atoms with Crippen LogP contribution in [0.25, 0.3) is 0 Å². The summed E-state index contributed by atoms with van der Waals surface area (Å²) >= 11 is 5.90. The van der Waals surface area contributed by atoms with Crippen molar-refractivity contribution in [1.29, 1.82) is 0 Å². The van der Waals surface area contributed by atoms with Gasteiger partial charge in [-0.2, -0.15) is 0 Å². The Morgan fingerprint density at radius 1 is 0.903 bits per heavy atom. The zero-order valence-corrected chi connectivity index (χ0v) is 18.4. The summed E-state index contributed by atoms with van der Waals surface area (Å²) in [7, 11) is 0. The second kappa shape index (κ2) is 9.67. The minimum absolute atomic E-state index is 0.179. The van der Waals surface area contributed by atoms with Crippen molar-refractivity contribution in [3.05, 3.63) is 95.0 Å². The normalized spacial score (nSPS) is 12.0. The molecule has 5 nitrogen and oxygen atoms in total. The molecule has 160 valence electrons. The molecule has 3 rings (SSSR count). The van der Waals surface area contributed by atoms with E-state index in [2.05, 4.69) is 10.6 Å². The molecule has 31 heavy (non-hydrogen) atoms. The zero-order chi connectivity index (χ0) is 22.4. The van der Waals surface area contributed by atoms with E-state index in [1.807, 2.05) is 37.3 Å². The monoisotopic (exact) mass is 436 g/mol. The Morgan fingerprint density at radius 2 is 1.52 bits per heavy atom. The number of anilines is 1. The lowest BCUT2D eigenvalue weighted by Crippen LogP contribution is -2.43. The van der Waals surface area contributed by atoms with Crippen molar-refractivity contribution in [3.8, 4) is 5.75 Å². The third-order valence-electron chi connectivity index (χ3n) is 4.80. The molecule has 3 aromatic rings. The van der Waals surface area contributed by atoms with Crippen LogP contribution in [0.4, 0.5) is 5.69 Å². The molecule has 0 heterocycles. The van der Waals surface area contributed by atoms with Crippen LogP contribution in [0.3, 0.4) is 0 Å². The van der Waals surface area contributed by atoms with Crippen molar-refractivity contribution in [2.24, 2.45) is 0 Å². The van der Waals surface area contributed by atoms with E-state index in [9.17, 15) is 9.59 Å². The first-order valence-corrected chi connectivity index (χ1v) is 10.3. The Hall–Kier alpha value is -3.31. The van der Waals surface area contributed by atoms with E-state index >= 15 is 0 Å². The third kappa shape index (κ3) is 5.86. The summed E-state index contributed by atoms with van der Waals surface area (Å²) in [5, 5.41) is 6.38. The number of hydrogen-bond acceptors (Lipinski definition) is 3. The van der Waals surface area contributed by atoms with Gasteiger partial charge in [0.15, 0.2) is 5.60 Å². The van der Waals surface area contributed by atoms with Crippen LogP contribution in [0.1, 0.15) is 42.7 Å². The van der Waals surface area contributed by atoms with Gasteiger partial charge in [0, 0.05) is 5.02 Å². The summed E-state index contributed by atoms with van der Waals surface area (Å²) < 4.78 is 5.84. The first-order valence-electron chi connectivity index (χ1n) is 9.97. The van der Waals surface area contributed by atoms with Gasteiger partial charge in [0.2, 0.25) is 0 Å². The zero-order valence-electron chi connectivity index (χ0n) is 17.7. The number of carbonyl (C=O) groups excluding carboxylic acids is 2. The first-order chi connectivity index (χ1) is 14.8. The van der Waals surface area contributed by atoms with E-state index in [1.54, 1.807) is 62.4 Å². The van der Waals surface area contributed by atoms with Crippen molar-refractivity contribution in [1.82, 2.24) is 5.32 Å². The Balaban J connectivity index is 1.72. The van der Waals surface area contributed by atoms with Gasteiger partial charge in [-0.15, -0.1) is 0 Å². The summed E-state index contributed by atoms with van der Waals surface area (Å²) in [6.45, 7) is 5.24. The smallest absolute Gasteiger partial charge is 0.267 e. The topological polar surface area (TPSA) is 67.4 Å². The Bertz CT molecular complexity index is 1050. The minimum Gasteiger partial charge on any atom is -0.478 e. The summed E-state index contributed by atoms with van der Waals surface area (Å²) in [5.41, 5.74) is 0.614. The van der Waals surface area contributed by atoms with Gasteiger partial charge in [-0.3, -0.25) is 9.59 Å². The van der Waals surface area contributed by atoms with Crippen LogP contribution in [0.15, 0.2) is 78.9 Å². The fourth-order valence-corrected chi connectivity index (χ4v) is 3.13. The molecule has 0 saturated heterocycles. The summed E-state index contributed by atoms with van der Waals surface area (Å²) in [4.78, 5) is 25.8. The van der Waals surface area contributed by atoms with Gasteiger partial charge in [-0.25, -0.2) is 0 Å². The third-order valence-corrected chi connectivity index (χ3v) is 5.05. The van der Waals surface area contributed by atoms with Gasteiger partial charge < -0.3 is 15.4 Å². The number of amides is 2. The molecule has 1 atom stereocenters. The van der Waals surface area contributed by atoms with Crippen molar-refractivity contribution >= 4 is 29.1 Å². The van der Waals surface area contributed by atoms with Gasteiger partial charge in [0.05, 0.1) is 17.3 Å². The summed E-state index contributed by atoms with van der Waals surface area (Å²) in [6, 6.07) is 23.2. The molecule has 6 heteroatoms. The molecule has 0 bridgehead atoms. The van der Waals surface area contributed by atoms with Crippen molar-refractivity contribution < 1.29 is 14.3 Å². The average molecular weight is 437 g/mol. The number of halogens is 1. The molecule has 2 amide bonds. The highest BCUT2D eigenvalue weighted by Gasteiger charge is 2.31. The molecule has 0 radical (unpaired) electrons. The van der Waals surface area contributed by atoms with Crippen LogP contribution < -0.4 is 15.4 Å². The molecule has 0 saturated carbocycles. The SMILES string of the molecule is CC(NC(=O)c1ccccc1NC(=O)C(C)(C)Oc1ccc(Cl)cc1)c1ccccc1. The summed E-state index contributed by atoms with van der Waals surface area (Å²) in [6.07, 6.45) is 0. The maximum Gasteiger partial charge on any atom is 0.267 e. The van der Waals surface area contributed by atoms with Crippen molar-refractivity contribution in [2.45, 2.75) is 32.4 Å². The van der Waals surface area contributed by atoms with E-state index in [-0.39, 0.29) is 17.9 Å². The highest BCUT2D eigenvalue weighted by atomic mass is 35.5. The van der Waals surface area contributed by atoms with Gasteiger partial charge in [-0.1, -0.05) is 54.1 Å². The van der Waals surface area contributed by atoms with E-state index in [0.717, 1.165) is 5.56 Å². The molecule has 2 N–H and O–H groups in total. The predicted molar refractivity (Wildman–Crippen MR) is 124 cm³/mol. The second-order valence-corrected chi connectivity index (χ2v) is 8.11. The molecule has 0 fully saturated rings. The van der Waals surface area contributed by atoms with Crippen LogP contribution in [-0.4, -0.2) is 17.4 Å². The molecule has 1 unspecified atom stereocenters. The van der Waals surface area contributed by atoms with Gasteiger partial charge in [0.1, 0.15) is 5.75 Å². The maximum atomic E-state index is 12.9. The molecule has 0 aliphatic rings. The Morgan fingerprint density at radius 3 is 2.19 bits per heavy atom. The quantitative estimate of drug-likeness (QED) is 0.504. The van der Waals surface area contributed by atoms with Crippen molar-refractivity contribution in [2.75, 3.05) is 5.32 Å². The van der Waals surface area contributed by atoms with Gasteiger partial charge in [0.25, 0.3) is 11.8 Å². The molecular weight excluding hydrogens is 412 g/mol. The predicted octanol–water partition coefficient (Wildman–Crippen LogP) is 5.63. The molecular formula is C25H25ClN2O3. The first kappa shape index (κ1) is 22.4. The number of benzene rings is 3. The Labute approximate surface area is 187 Å². The number of rotatable bonds is 7. The molecule has 3 aromatic carbocycles. The van der Waals surface area contributed by atoms with Crippen LogP contribution in [0.5, 0.6) is 5.75 Å². The minimum atomic E-state index is -1.17. The van der Waals surface area contributed by atoms with Crippen LogP contribution in [-0.2, 0) is 4.79 Å². The fourth-order valence-electron chi connectivity index (χ4n) is 3.01. The van der Waals surface area contributed by atoms with Crippen LogP contribution >= 0.6 is 11.6 Å².